The Morgan fingerprint density at radius 2 is 2.33 bits per heavy atom. The standard InChI is InChI=1S/C11H11FN4O2/c12-9-8(11(17)18)1-2-14-10(9)15-4-6-16-5-3-13-7-16/h1-3,5,7H,4,6H2,(H,14,15)(H,17,18). The molecule has 7 heteroatoms. The fourth-order valence-corrected chi connectivity index (χ4v) is 1.45. The lowest BCUT2D eigenvalue weighted by Crippen LogP contribution is -2.13. The second-order valence-electron chi connectivity index (χ2n) is 3.55. The zero-order valence-electron chi connectivity index (χ0n) is 9.38. The lowest BCUT2D eigenvalue weighted by Gasteiger charge is -2.08. The van der Waals surface area contributed by atoms with Crippen LogP contribution in [0.5, 0.6) is 0 Å². The van der Waals surface area contributed by atoms with Crippen LogP contribution < -0.4 is 5.32 Å². The highest BCUT2D eigenvalue weighted by Gasteiger charge is 2.14. The molecule has 6 nitrogen and oxygen atoms in total. The number of anilines is 1. The van der Waals surface area contributed by atoms with Crippen LogP contribution in [-0.4, -0.2) is 32.2 Å². The van der Waals surface area contributed by atoms with Crippen molar-refractivity contribution in [1.29, 1.82) is 0 Å². The summed E-state index contributed by atoms with van der Waals surface area (Å²) in [6, 6.07) is 1.12. The molecule has 0 spiro atoms. The number of pyridine rings is 1. The molecule has 0 atom stereocenters. The molecule has 0 aliphatic heterocycles. The molecule has 0 radical (unpaired) electrons. The van der Waals surface area contributed by atoms with Crippen molar-refractivity contribution in [3.8, 4) is 0 Å². The third-order valence-electron chi connectivity index (χ3n) is 2.34. The van der Waals surface area contributed by atoms with E-state index in [1.807, 2.05) is 4.57 Å². The van der Waals surface area contributed by atoms with Crippen molar-refractivity contribution in [2.45, 2.75) is 6.54 Å². The maximum atomic E-state index is 13.7. The highest BCUT2D eigenvalue weighted by molar-refractivity contribution is 5.88. The molecule has 2 aromatic heterocycles. The van der Waals surface area contributed by atoms with Crippen LogP contribution in [0.15, 0.2) is 31.0 Å². The first-order valence-corrected chi connectivity index (χ1v) is 5.26. The van der Waals surface area contributed by atoms with Gasteiger partial charge < -0.3 is 15.0 Å². The minimum absolute atomic E-state index is 0.0602. The third kappa shape index (κ3) is 2.62. The molecule has 0 unspecified atom stereocenters. The normalized spacial score (nSPS) is 10.3. The molecule has 2 N–H and O–H groups in total. The Kier molecular flexibility index (Phi) is 3.52. The molecule has 94 valence electrons. The topological polar surface area (TPSA) is 80.0 Å². The van der Waals surface area contributed by atoms with Gasteiger partial charge in [-0.05, 0) is 6.07 Å². The predicted octanol–water partition coefficient (Wildman–Crippen LogP) is 1.23. The van der Waals surface area contributed by atoms with Crippen LogP contribution in [0.4, 0.5) is 10.2 Å². The van der Waals surface area contributed by atoms with Gasteiger partial charge in [0.25, 0.3) is 0 Å². The van der Waals surface area contributed by atoms with Gasteiger partial charge in [-0.2, -0.15) is 0 Å². The number of nitrogens with one attached hydrogen (secondary N) is 1. The largest absolute Gasteiger partial charge is 0.478 e. The molecular formula is C11H11FN4O2. The van der Waals surface area contributed by atoms with E-state index in [1.54, 1.807) is 18.7 Å². The number of aromatic carboxylic acids is 1. The van der Waals surface area contributed by atoms with Gasteiger partial charge in [0.1, 0.15) is 5.56 Å². The summed E-state index contributed by atoms with van der Waals surface area (Å²) in [4.78, 5) is 18.4. The predicted molar refractivity (Wildman–Crippen MR) is 61.9 cm³/mol. The Labute approximate surface area is 102 Å². The van der Waals surface area contributed by atoms with Gasteiger partial charge in [-0.15, -0.1) is 0 Å². The van der Waals surface area contributed by atoms with Crippen molar-refractivity contribution in [1.82, 2.24) is 14.5 Å². The van der Waals surface area contributed by atoms with Crippen molar-refractivity contribution in [3.63, 3.8) is 0 Å². The summed E-state index contributed by atoms with van der Waals surface area (Å²) < 4.78 is 15.5. The summed E-state index contributed by atoms with van der Waals surface area (Å²) in [7, 11) is 0. The van der Waals surface area contributed by atoms with E-state index in [-0.39, 0.29) is 5.82 Å². The Morgan fingerprint density at radius 3 is 3.00 bits per heavy atom. The number of carboxylic acids is 1. The average molecular weight is 250 g/mol. The van der Waals surface area contributed by atoms with E-state index in [1.165, 1.54) is 6.20 Å². The van der Waals surface area contributed by atoms with Gasteiger partial charge >= 0.3 is 5.97 Å². The van der Waals surface area contributed by atoms with Crippen LogP contribution in [0.25, 0.3) is 0 Å². The molecule has 0 amide bonds. The summed E-state index contributed by atoms with van der Waals surface area (Å²) in [6.45, 7) is 1.00. The Balaban J connectivity index is 2.01. The summed E-state index contributed by atoms with van der Waals surface area (Å²) >= 11 is 0. The van der Waals surface area contributed by atoms with Crippen LogP contribution in [0.1, 0.15) is 10.4 Å². The van der Waals surface area contributed by atoms with E-state index in [4.69, 9.17) is 5.11 Å². The molecule has 2 heterocycles. The van der Waals surface area contributed by atoms with Crippen molar-refractivity contribution >= 4 is 11.8 Å². The average Bonchev–Trinajstić information content (AvgIpc) is 2.84. The molecule has 0 fully saturated rings. The van der Waals surface area contributed by atoms with Gasteiger partial charge in [-0.25, -0.2) is 19.2 Å². The van der Waals surface area contributed by atoms with Crippen molar-refractivity contribution in [2.75, 3.05) is 11.9 Å². The Bertz CT molecular complexity index is 542. The van der Waals surface area contributed by atoms with Crippen LogP contribution >= 0.6 is 0 Å². The quantitative estimate of drug-likeness (QED) is 0.834. The highest BCUT2D eigenvalue weighted by Crippen LogP contribution is 2.14. The fraction of sp³-hybridized carbons (Fsp3) is 0.182. The van der Waals surface area contributed by atoms with E-state index in [2.05, 4.69) is 15.3 Å². The smallest absolute Gasteiger partial charge is 0.338 e. The summed E-state index contributed by atoms with van der Waals surface area (Å²) in [5.41, 5.74) is -0.393. The maximum Gasteiger partial charge on any atom is 0.338 e. The number of aromatic nitrogens is 3. The first kappa shape index (κ1) is 12.0. The molecule has 18 heavy (non-hydrogen) atoms. The van der Waals surface area contributed by atoms with Gasteiger partial charge in [0, 0.05) is 31.7 Å². The van der Waals surface area contributed by atoms with Crippen LogP contribution in [0, 0.1) is 5.82 Å². The van der Waals surface area contributed by atoms with Gasteiger partial charge in [-0.1, -0.05) is 0 Å². The lowest BCUT2D eigenvalue weighted by atomic mass is 10.2. The molecule has 0 saturated carbocycles. The van der Waals surface area contributed by atoms with Crippen molar-refractivity contribution in [2.24, 2.45) is 0 Å². The zero-order valence-corrected chi connectivity index (χ0v) is 9.38. The molecule has 0 aliphatic rings. The number of hydrogen-bond donors (Lipinski definition) is 2. The van der Waals surface area contributed by atoms with E-state index >= 15 is 0 Å². The second-order valence-corrected chi connectivity index (χ2v) is 3.55. The molecule has 0 aromatic carbocycles. The molecule has 0 saturated heterocycles. The number of carboxylic acid groups (broad SMARTS) is 1. The van der Waals surface area contributed by atoms with E-state index in [0.717, 1.165) is 6.07 Å². The Morgan fingerprint density at radius 1 is 1.50 bits per heavy atom. The number of rotatable bonds is 5. The summed E-state index contributed by atoms with van der Waals surface area (Å²) in [5, 5.41) is 11.5. The van der Waals surface area contributed by atoms with Gasteiger partial charge in [-0.3, -0.25) is 0 Å². The van der Waals surface area contributed by atoms with Crippen molar-refractivity contribution in [3.05, 3.63) is 42.4 Å². The second kappa shape index (κ2) is 5.26. The number of nitrogens with zero attached hydrogens (tertiary/aromatic N) is 3. The summed E-state index contributed by atoms with van der Waals surface area (Å²) in [5.74, 6) is -2.22. The monoisotopic (exact) mass is 250 g/mol. The first-order valence-electron chi connectivity index (χ1n) is 5.26. The minimum atomic E-state index is -1.31. The zero-order chi connectivity index (χ0) is 13.0. The minimum Gasteiger partial charge on any atom is -0.478 e. The van der Waals surface area contributed by atoms with Gasteiger partial charge in [0.2, 0.25) is 0 Å². The molecule has 0 aliphatic carbocycles. The maximum absolute atomic E-state index is 13.7. The van der Waals surface area contributed by atoms with Gasteiger partial charge in [0.15, 0.2) is 11.6 Å². The number of carbonyl (C=O) groups is 1. The van der Waals surface area contributed by atoms with Crippen LogP contribution in [-0.2, 0) is 6.54 Å². The number of imidazole rings is 1. The van der Waals surface area contributed by atoms with E-state index < -0.39 is 17.3 Å². The molecule has 0 bridgehead atoms. The fourth-order valence-electron chi connectivity index (χ4n) is 1.45. The molecule has 2 rings (SSSR count). The number of halogens is 1. The van der Waals surface area contributed by atoms with E-state index in [9.17, 15) is 9.18 Å². The summed E-state index contributed by atoms with van der Waals surface area (Å²) in [6.07, 6.45) is 6.31. The highest BCUT2D eigenvalue weighted by atomic mass is 19.1. The lowest BCUT2D eigenvalue weighted by molar-refractivity contribution is 0.0692. The first-order chi connectivity index (χ1) is 8.68. The van der Waals surface area contributed by atoms with Crippen LogP contribution in [0.3, 0.4) is 0 Å². The molecule has 2 aromatic rings. The van der Waals surface area contributed by atoms with Crippen molar-refractivity contribution < 1.29 is 14.3 Å². The molecular weight excluding hydrogens is 239 g/mol. The third-order valence-corrected chi connectivity index (χ3v) is 2.34. The van der Waals surface area contributed by atoms with Crippen LogP contribution in [0.2, 0.25) is 0 Å². The number of hydrogen-bond acceptors (Lipinski definition) is 4. The Hall–Kier alpha value is -2.44. The SMILES string of the molecule is O=C(O)c1ccnc(NCCn2ccnc2)c1F. The van der Waals surface area contributed by atoms with E-state index in [0.29, 0.717) is 13.1 Å². The van der Waals surface area contributed by atoms with Gasteiger partial charge in [0.05, 0.1) is 6.33 Å².